The summed E-state index contributed by atoms with van der Waals surface area (Å²) >= 11 is 0. The van der Waals surface area contributed by atoms with E-state index in [1.165, 1.54) is 0 Å². The zero-order valence-electron chi connectivity index (χ0n) is 8.73. The molecule has 1 heterocycles. The average Bonchev–Trinajstić information content (AvgIpc) is 2.64. The van der Waals surface area contributed by atoms with E-state index < -0.39 is 0 Å². The fraction of sp³-hybridized carbons (Fsp3) is 0.333. The summed E-state index contributed by atoms with van der Waals surface area (Å²) < 4.78 is 5.41. The highest BCUT2D eigenvalue weighted by Gasteiger charge is 2.08. The Labute approximate surface area is 88.5 Å². The van der Waals surface area contributed by atoms with E-state index in [1.54, 1.807) is 6.26 Å². The van der Waals surface area contributed by atoms with E-state index in [0.717, 1.165) is 28.5 Å². The first kappa shape index (κ1) is 10.2. The Morgan fingerprint density at radius 1 is 1.47 bits per heavy atom. The van der Waals surface area contributed by atoms with Crippen LogP contribution in [0, 0.1) is 0 Å². The summed E-state index contributed by atoms with van der Waals surface area (Å²) in [5.41, 5.74) is 8.62. The molecule has 3 nitrogen and oxygen atoms in total. The fourth-order valence-corrected chi connectivity index (χ4v) is 1.81. The van der Waals surface area contributed by atoms with Crippen molar-refractivity contribution in [1.29, 1.82) is 0 Å². The summed E-state index contributed by atoms with van der Waals surface area (Å²) in [4.78, 5) is 0. The van der Waals surface area contributed by atoms with Crippen LogP contribution in [0.2, 0.25) is 0 Å². The predicted octanol–water partition coefficient (Wildman–Crippen LogP) is 1.81. The van der Waals surface area contributed by atoms with Crippen molar-refractivity contribution in [3.05, 3.63) is 35.6 Å². The number of fused-ring (bicyclic) bond motifs is 1. The number of aliphatic hydroxyl groups excluding tert-OH is 1. The number of benzene rings is 1. The van der Waals surface area contributed by atoms with Gasteiger partial charge in [0.15, 0.2) is 0 Å². The summed E-state index contributed by atoms with van der Waals surface area (Å²) in [6.45, 7) is 2.01. The van der Waals surface area contributed by atoms with Crippen molar-refractivity contribution in [1.82, 2.24) is 0 Å². The smallest absolute Gasteiger partial charge is 0.137 e. The molecule has 0 aliphatic rings. The average molecular weight is 205 g/mol. The molecule has 2 rings (SSSR count). The van der Waals surface area contributed by atoms with Gasteiger partial charge in [-0.05, 0) is 42.7 Å². The third-order valence-corrected chi connectivity index (χ3v) is 2.41. The largest absolute Gasteiger partial charge is 0.464 e. The third kappa shape index (κ3) is 2.03. The first-order valence-corrected chi connectivity index (χ1v) is 5.06. The first-order chi connectivity index (χ1) is 7.20. The molecule has 3 N–H and O–H groups in total. The van der Waals surface area contributed by atoms with Gasteiger partial charge in [0.1, 0.15) is 5.58 Å². The Morgan fingerprint density at radius 2 is 2.27 bits per heavy atom. The van der Waals surface area contributed by atoms with Crippen LogP contribution in [0.1, 0.15) is 18.1 Å². The van der Waals surface area contributed by atoms with Gasteiger partial charge < -0.3 is 15.3 Å². The van der Waals surface area contributed by atoms with Crippen LogP contribution in [0.4, 0.5) is 0 Å². The molecular weight excluding hydrogens is 190 g/mol. The van der Waals surface area contributed by atoms with E-state index in [4.69, 9.17) is 15.3 Å². The van der Waals surface area contributed by atoms with Crippen LogP contribution in [-0.4, -0.2) is 11.1 Å². The SMILES string of the molecule is CC(N)Cc1cc(CO)cc2ccoc12. The van der Waals surface area contributed by atoms with Crippen LogP contribution < -0.4 is 5.73 Å². The quantitative estimate of drug-likeness (QED) is 0.803. The van der Waals surface area contributed by atoms with Gasteiger partial charge in [-0.15, -0.1) is 0 Å². The molecule has 2 aromatic rings. The van der Waals surface area contributed by atoms with Crippen LogP contribution in [-0.2, 0) is 13.0 Å². The van der Waals surface area contributed by atoms with Crippen LogP contribution >= 0.6 is 0 Å². The van der Waals surface area contributed by atoms with Crippen molar-refractivity contribution in [3.8, 4) is 0 Å². The van der Waals surface area contributed by atoms with Crippen LogP contribution in [0.25, 0.3) is 11.0 Å². The van der Waals surface area contributed by atoms with Crippen molar-refractivity contribution in [2.75, 3.05) is 0 Å². The Morgan fingerprint density at radius 3 is 2.93 bits per heavy atom. The highest BCUT2D eigenvalue weighted by atomic mass is 16.3. The second-order valence-electron chi connectivity index (χ2n) is 3.93. The molecule has 0 radical (unpaired) electrons. The second kappa shape index (κ2) is 4.04. The van der Waals surface area contributed by atoms with Gasteiger partial charge >= 0.3 is 0 Å². The van der Waals surface area contributed by atoms with E-state index in [1.807, 2.05) is 25.1 Å². The number of hydrogen-bond acceptors (Lipinski definition) is 3. The lowest BCUT2D eigenvalue weighted by atomic mass is 10.0. The topological polar surface area (TPSA) is 59.4 Å². The molecule has 15 heavy (non-hydrogen) atoms. The molecule has 0 bridgehead atoms. The normalized spacial score (nSPS) is 13.3. The van der Waals surface area contributed by atoms with Crippen molar-refractivity contribution < 1.29 is 9.52 Å². The Hall–Kier alpha value is -1.32. The number of nitrogens with two attached hydrogens (primary N) is 1. The first-order valence-electron chi connectivity index (χ1n) is 5.06. The van der Waals surface area contributed by atoms with E-state index in [0.29, 0.717) is 0 Å². The minimum absolute atomic E-state index is 0.0487. The van der Waals surface area contributed by atoms with Crippen molar-refractivity contribution in [2.45, 2.75) is 26.0 Å². The number of aliphatic hydroxyl groups is 1. The summed E-state index contributed by atoms with van der Waals surface area (Å²) in [6, 6.07) is 5.88. The summed E-state index contributed by atoms with van der Waals surface area (Å²) in [5, 5.41) is 10.2. The molecule has 1 atom stereocenters. The Bertz CT molecular complexity index is 460. The molecular formula is C12H15NO2. The van der Waals surface area contributed by atoms with Crippen molar-refractivity contribution in [2.24, 2.45) is 5.73 Å². The molecule has 0 aliphatic carbocycles. The maximum absolute atomic E-state index is 9.13. The van der Waals surface area contributed by atoms with E-state index in [2.05, 4.69) is 0 Å². The summed E-state index contributed by atoms with van der Waals surface area (Å²) in [7, 11) is 0. The van der Waals surface area contributed by atoms with Gasteiger partial charge in [0, 0.05) is 11.4 Å². The van der Waals surface area contributed by atoms with Gasteiger partial charge in [-0.1, -0.05) is 0 Å². The maximum atomic E-state index is 9.13. The van der Waals surface area contributed by atoms with Crippen LogP contribution in [0.15, 0.2) is 28.9 Å². The minimum atomic E-state index is 0.0487. The zero-order chi connectivity index (χ0) is 10.8. The van der Waals surface area contributed by atoms with Crippen LogP contribution in [0.5, 0.6) is 0 Å². The molecule has 0 aliphatic heterocycles. The monoisotopic (exact) mass is 205 g/mol. The lowest BCUT2D eigenvalue weighted by molar-refractivity contribution is 0.282. The predicted molar refractivity (Wildman–Crippen MR) is 59.5 cm³/mol. The molecule has 1 aromatic carbocycles. The number of furan rings is 1. The molecule has 0 saturated carbocycles. The zero-order valence-corrected chi connectivity index (χ0v) is 8.73. The van der Waals surface area contributed by atoms with Crippen molar-refractivity contribution >= 4 is 11.0 Å². The maximum Gasteiger partial charge on any atom is 0.137 e. The summed E-state index contributed by atoms with van der Waals surface area (Å²) in [6.07, 6.45) is 2.42. The van der Waals surface area contributed by atoms with Gasteiger partial charge in [0.25, 0.3) is 0 Å². The van der Waals surface area contributed by atoms with E-state index >= 15 is 0 Å². The van der Waals surface area contributed by atoms with Gasteiger partial charge in [-0.2, -0.15) is 0 Å². The lowest BCUT2D eigenvalue weighted by Crippen LogP contribution is -2.17. The molecule has 1 aromatic heterocycles. The highest BCUT2D eigenvalue weighted by molar-refractivity contribution is 5.81. The molecule has 0 spiro atoms. The Kier molecular flexibility index (Phi) is 2.75. The number of hydrogen-bond donors (Lipinski definition) is 2. The van der Waals surface area contributed by atoms with E-state index in [9.17, 15) is 0 Å². The molecule has 0 fully saturated rings. The minimum Gasteiger partial charge on any atom is -0.464 e. The summed E-state index contributed by atoms with van der Waals surface area (Å²) in [5.74, 6) is 0. The molecule has 0 amide bonds. The molecule has 3 heteroatoms. The van der Waals surface area contributed by atoms with Crippen molar-refractivity contribution in [3.63, 3.8) is 0 Å². The third-order valence-electron chi connectivity index (χ3n) is 2.41. The van der Waals surface area contributed by atoms with E-state index in [-0.39, 0.29) is 12.6 Å². The lowest BCUT2D eigenvalue weighted by Gasteiger charge is -2.07. The fourth-order valence-electron chi connectivity index (χ4n) is 1.81. The van der Waals surface area contributed by atoms with Gasteiger partial charge in [-0.25, -0.2) is 0 Å². The standard InChI is InChI=1S/C12H15NO2/c1-8(13)4-11-6-9(7-14)5-10-2-3-15-12(10)11/h2-3,5-6,8,14H,4,7,13H2,1H3. The molecule has 1 unspecified atom stereocenters. The van der Waals surface area contributed by atoms with Crippen LogP contribution in [0.3, 0.4) is 0 Å². The second-order valence-corrected chi connectivity index (χ2v) is 3.93. The molecule has 80 valence electrons. The number of rotatable bonds is 3. The van der Waals surface area contributed by atoms with Gasteiger partial charge in [-0.3, -0.25) is 0 Å². The van der Waals surface area contributed by atoms with Gasteiger partial charge in [0.05, 0.1) is 12.9 Å². The molecule has 0 saturated heterocycles. The van der Waals surface area contributed by atoms with Gasteiger partial charge in [0.2, 0.25) is 0 Å². The Balaban J connectivity index is 2.53. The highest BCUT2D eigenvalue weighted by Crippen LogP contribution is 2.23.